The second-order valence-corrected chi connectivity index (χ2v) is 7.60. The number of rotatable bonds is 7. The second-order valence-electron chi connectivity index (χ2n) is 7.60. The van der Waals surface area contributed by atoms with Gasteiger partial charge in [-0.05, 0) is 44.0 Å². The molecule has 2 aromatic rings. The molecule has 1 aliphatic rings. The number of carbonyl (C=O) groups excluding carboxylic acids is 2. The summed E-state index contributed by atoms with van der Waals surface area (Å²) in [5, 5.41) is 13.9. The topological polar surface area (TPSA) is 115 Å². The van der Waals surface area contributed by atoms with Crippen LogP contribution in [0.4, 0.5) is 24.5 Å². The number of piperidine rings is 1. The Labute approximate surface area is 186 Å². The number of esters is 1. The average molecular weight is 469 g/mol. The summed E-state index contributed by atoms with van der Waals surface area (Å²) in [5.74, 6) is -1.04. The van der Waals surface area contributed by atoms with Crippen LogP contribution in [0.2, 0.25) is 0 Å². The molecule has 1 aromatic carbocycles. The van der Waals surface area contributed by atoms with E-state index in [-0.39, 0.29) is 38.2 Å². The van der Waals surface area contributed by atoms with Gasteiger partial charge in [-0.1, -0.05) is 0 Å². The van der Waals surface area contributed by atoms with Gasteiger partial charge in [0.1, 0.15) is 11.4 Å². The van der Waals surface area contributed by atoms with Gasteiger partial charge in [0, 0.05) is 19.2 Å². The molecule has 1 N–H and O–H groups in total. The number of hydrogen-bond acceptors (Lipinski definition) is 7. The minimum absolute atomic E-state index is 0.0606. The molecule has 0 saturated carbocycles. The normalized spacial score (nSPS) is 15.7. The van der Waals surface area contributed by atoms with Crippen LogP contribution in [-0.4, -0.2) is 36.0 Å². The minimum Gasteiger partial charge on any atom is -0.467 e. The number of ether oxygens (including phenoxy) is 1. The largest absolute Gasteiger partial charge is 0.467 e. The van der Waals surface area contributed by atoms with Gasteiger partial charge in [0.15, 0.2) is 6.10 Å². The highest BCUT2D eigenvalue weighted by molar-refractivity contribution is 5.84. The molecule has 1 amide bonds. The Bertz CT molecular complexity index is 1000. The summed E-state index contributed by atoms with van der Waals surface area (Å²) in [5.41, 5.74) is -1.69. The molecule has 9 nitrogen and oxygen atoms in total. The number of hydrogen-bond donors (Lipinski definition) is 1. The third-order valence-corrected chi connectivity index (χ3v) is 5.35. The van der Waals surface area contributed by atoms with Crippen LogP contribution in [0, 0.1) is 16.0 Å². The van der Waals surface area contributed by atoms with Crippen molar-refractivity contribution in [1.29, 1.82) is 0 Å². The zero-order valence-corrected chi connectivity index (χ0v) is 17.6. The van der Waals surface area contributed by atoms with Gasteiger partial charge in [-0.2, -0.15) is 13.2 Å². The first kappa shape index (κ1) is 24.1. The number of furan rings is 1. The summed E-state index contributed by atoms with van der Waals surface area (Å²) >= 11 is 0. The van der Waals surface area contributed by atoms with Crippen molar-refractivity contribution in [3.63, 3.8) is 0 Å². The van der Waals surface area contributed by atoms with Gasteiger partial charge in [0.2, 0.25) is 0 Å². The minimum atomic E-state index is -4.69. The third-order valence-electron chi connectivity index (χ3n) is 5.35. The van der Waals surface area contributed by atoms with Gasteiger partial charge in [0.05, 0.1) is 29.2 Å². The van der Waals surface area contributed by atoms with E-state index < -0.39 is 46.2 Å². The lowest BCUT2D eigenvalue weighted by Crippen LogP contribution is -2.40. The van der Waals surface area contributed by atoms with E-state index in [0.29, 0.717) is 11.8 Å². The maximum Gasteiger partial charge on any atom is 0.416 e. The van der Waals surface area contributed by atoms with E-state index in [1.807, 2.05) is 0 Å². The van der Waals surface area contributed by atoms with Crippen LogP contribution in [0.15, 0.2) is 41.0 Å². The molecule has 2 heterocycles. The van der Waals surface area contributed by atoms with E-state index in [4.69, 9.17) is 9.15 Å². The molecule has 1 saturated heterocycles. The number of benzene rings is 1. The van der Waals surface area contributed by atoms with Gasteiger partial charge in [-0.15, -0.1) is 0 Å². The van der Waals surface area contributed by atoms with E-state index in [9.17, 15) is 32.9 Å². The molecule has 12 heteroatoms. The summed E-state index contributed by atoms with van der Waals surface area (Å²) in [6.07, 6.45) is -3.70. The zero-order valence-electron chi connectivity index (χ0n) is 17.6. The molecule has 0 bridgehead atoms. The van der Waals surface area contributed by atoms with Gasteiger partial charge in [0.25, 0.3) is 11.6 Å². The molecule has 1 atom stereocenters. The van der Waals surface area contributed by atoms with Crippen molar-refractivity contribution in [2.45, 2.75) is 38.6 Å². The fourth-order valence-corrected chi connectivity index (χ4v) is 3.52. The summed E-state index contributed by atoms with van der Waals surface area (Å²) < 4.78 is 49.1. The standard InChI is InChI=1S/C21H22F3N3O6/c1-13(19(28)25-12-16-3-2-10-32-16)33-20(29)14-6-8-26(9-7-14)17-5-4-15(21(22,23)24)11-18(17)27(30)31/h2-5,10-11,13-14H,6-9,12H2,1H3,(H,25,28). The van der Waals surface area contributed by atoms with E-state index in [1.54, 1.807) is 17.0 Å². The third kappa shape index (κ3) is 6.02. The first-order valence-electron chi connectivity index (χ1n) is 10.2. The first-order chi connectivity index (χ1) is 15.6. The predicted octanol–water partition coefficient (Wildman–Crippen LogP) is 3.67. The maximum atomic E-state index is 12.9. The highest BCUT2D eigenvalue weighted by atomic mass is 19.4. The summed E-state index contributed by atoms with van der Waals surface area (Å²) in [6, 6.07) is 5.75. The van der Waals surface area contributed by atoms with E-state index in [1.165, 1.54) is 13.2 Å². The monoisotopic (exact) mass is 469 g/mol. The van der Waals surface area contributed by atoms with Crippen molar-refractivity contribution in [2.75, 3.05) is 18.0 Å². The molecule has 1 fully saturated rings. The number of nitrogens with one attached hydrogen (secondary N) is 1. The van der Waals surface area contributed by atoms with Crippen LogP contribution in [0.25, 0.3) is 0 Å². The Morgan fingerprint density at radius 1 is 1.30 bits per heavy atom. The molecule has 0 spiro atoms. The number of anilines is 1. The predicted molar refractivity (Wildman–Crippen MR) is 109 cm³/mol. The molecule has 1 aliphatic heterocycles. The van der Waals surface area contributed by atoms with E-state index >= 15 is 0 Å². The van der Waals surface area contributed by atoms with Crippen molar-refractivity contribution < 1.29 is 36.8 Å². The molecular formula is C21H22F3N3O6. The number of carbonyl (C=O) groups is 2. The number of nitrogens with zero attached hydrogens (tertiary/aromatic N) is 2. The summed E-state index contributed by atoms with van der Waals surface area (Å²) in [6.45, 7) is 2.02. The number of halogens is 3. The van der Waals surface area contributed by atoms with Crippen LogP contribution in [0.5, 0.6) is 0 Å². The maximum absolute atomic E-state index is 12.9. The Morgan fingerprint density at radius 3 is 2.58 bits per heavy atom. The van der Waals surface area contributed by atoms with E-state index in [0.717, 1.165) is 12.1 Å². The molecule has 33 heavy (non-hydrogen) atoms. The zero-order chi connectivity index (χ0) is 24.2. The van der Waals surface area contributed by atoms with E-state index in [2.05, 4.69) is 5.32 Å². The Kier molecular flexibility index (Phi) is 7.24. The number of nitro benzene ring substituents is 1. The van der Waals surface area contributed by atoms with Gasteiger partial charge < -0.3 is 19.4 Å². The van der Waals surface area contributed by atoms with Crippen LogP contribution in [-0.2, 0) is 27.0 Å². The fourth-order valence-electron chi connectivity index (χ4n) is 3.52. The number of nitro groups is 1. The Balaban J connectivity index is 1.55. The van der Waals surface area contributed by atoms with Crippen LogP contribution in [0.3, 0.4) is 0 Å². The average Bonchev–Trinajstić information content (AvgIpc) is 3.30. The molecule has 178 valence electrons. The van der Waals surface area contributed by atoms with Crippen LogP contribution < -0.4 is 10.2 Å². The molecule has 1 unspecified atom stereocenters. The summed E-state index contributed by atoms with van der Waals surface area (Å²) in [7, 11) is 0. The summed E-state index contributed by atoms with van der Waals surface area (Å²) in [4.78, 5) is 36.6. The second kappa shape index (κ2) is 9.92. The number of alkyl halides is 3. The van der Waals surface area contributed by atoms with Crippen LogP contribution in [0.1, 0.15) is 31.1 Å². The van der Waals surface area contributed by atoms with Gasteiger partial charge in [-0.25, -0.2) is 0 Å². The van der Waals surface area contributed by atoms with Gasteiger partial charge >= 0.3 is 12.1 Å². The molecule has 0 radical (unpaired) electrons. The fraction of sp³-hybridized carbons (Fsp3) is 0.429. The quantitative estimate of drug-likeness (QED) is 0.374. The van der Waals surface area contributed by atoms with Crippen molar-refractivity contribution in [1.82, 2.24) is 5.32 Å². The smallest absolute Gasteiger partial charge is 0.416 e. The highest BCUT2D eigenvalue weighted by Gasteiger charge is 2.35. The SMILES string of the molecule is CC(OC(=O)C1CCN(c2ccc(C(F)(F)F)cc2[N+](=O)[O-])CC1)C(=O)NCc1ccco1. The molecule has 1 aromatic heterocycles. The van der Waals surface area contributed by atoms with Crippen molar-refractivity contribution >= 4 is 23.3 Å². The van der Waals surface area contributed by atoms with Crippen molar-refractivity contribution in [2.24, 2.45) is 5.92 Å². The number of amides is 1. The lowest BCUT2D eigenvalue weighted by atomic mass is 9.96. The molecule has 0 aliphatic carbocycles. The molecular weight excluding hydrogens is 447 g/mol. The lowest BCUT2D eigenvalue weighted by molar-refractivity contribution is -0.384. The van der Waals surface area contributed by atoms with Crippen LogP contribution >= 0.6 is 0 Å². The van der Waals surface area contributed by atoms with Crippen molar-refractivity contribution in [3.8, 4) is 0 Å². The van der Waals surface area contributed by atoms with Crippen molar-refractivity contribution in [3.05, 3.63) is 58.0 Å². The lowest BCUT2D eigenvalue weighted by Gasteiger charge is -2.32. The Hall–Kier alpha value is -3.57. The van der Waals surface area contributed by atoms with Gasteiger partial charge in [-0.3, -0.25) is 19.7 Å². The first-order valence-corrected chi connectivity index (χ1v) is 10.2. The molecule has 3 rings (SSSR count). The highest BCUT2D eigenvalue weighted by Crippen LogP contribution is 2.37. The Morgan fingerprint density at radius 2 is 2.00 bits per heavy atom.